The second kappa shape index (κ2) is 6.26. The maximum atomic E-state index is 13.4. The third-order valence-corrected chi connectivity index (χ3v) is 11.8. The third-order valence-electron chi connectivity index (χ3n) is 11.8. The quantitative estimate of drug-likeness (QED) is 0.527. The smallest absolute Gasteiger partial charge is 0.232 e. The largest absolute Gasteiger partial charge is 0.370 e. The molecule has 0 aromatic carbocycles. The van der Waals surface area contributed by atoms with Crippen molar-refractivity contribution in [2.24, 2.45) is 52.3 Å². The van der Waals surface area contributed by atoms with Crippen LogP contribution < -0.4 is 0 Å². The first-order valence-corrected chi connectivity index (χ1v) is 13.2. The maximum absolute atomic E-state index is 13.4. The van der Waals surface area contributed by atoms with Gasteiger partial charge in [-0.15, -0.1) is 0 Å². The van der Waals surface area contributed by atoms with Crippen LogP contribution in [0.2, 0.25) is 0 Å². The Morgan fingerprint density at radius 3 is 2.53 bits per heavy atom. The number of hydrogen-bond donors (Lipinski definition) is 0. The summed E-state index contributed by atoms with van der Waals surface area (Å²) in [6.45, 7) is 9.75. The van der Waals surface area contributed by atoms with Crippen molar-refractivity contribution < 1.29 is 23.8 Å². The molecule has 3 saturated heterocycles. The van der Waals surface area contributed by atoms with Crippen LogP contribution in [0.15, 0.2) is 0 Å². The predicted molar refractivity (Wildman–Crippen MR) is 117 cm³/mol. The van der Waals surface area contributed by atoms with Gasteiger partial charge in [-0.25, -0.2) is 0 Å². The summed E-state index contributed by atoms with van der Waals surface area (Å²) in [4.78, 5) is 26.6. The highest BCUT2D eigenvalue weighted by Crippen LogP contribution is 2.71. The van der Waals surface area contributed by atoms with E-state index in [0.717, 1.165) is 25.7 Å². The zero-order valence-corrected chi connectivity index (χ0v) is 20.0. The summed E-state index contributed by atoms with van der Waals surface area (Å²) >= 11 is 0. The Balaban J connectivity index is 1.20. The van der Waals surface area contributed by atoms with Crippen LogP contribution in [0.4, 0.5) is 0 Å². The van der Waals surface area contributed by atoms with E-state index in [-0.39, 0.29) is 40.5 Å². The lowest BCUT2D eigenvalue weighted by Crippen LogP contribution is -2.58. The summed E-state index contributed by atoms with van der Waals surface area (Å²) in [6, 6.07) is 0. The average Bonchev–Trinajstić information content (AvgIpc) is 3.32. The Kier molecular flexibility index (Phi) is 4.02. The van der Waals surface area contributed by atoms with E-state index in [2.05, 4.69) is 27.7 Å². The van der Waals surface area contributed by atoms with E-state index in [1.54, 1.807) is 0 Å². The zero-order chi connectivity index (χ0) is 22.2. The molecule has 0 N–H and O–H groups in total. The number of epoxide rings is 1. The molecule has 0 aromatic heterocycles. The summed E-state index contributed by atoms with van der Waals surface area (Å²) in [7, 11) is 0. The number of rotatable bonds is 0. The number of carbonyl (C=O) groups is 2. The molecule has 0 amide bonds. The van der Waals surface area contributed by atoms with Crippen molar-refractivity contribution in [3.05, 3.63) is 0 Å². The number of fused-ring (bicyclic) bond motifs is 8. The van der Waals surface area contributed by atoms with E-state index < -0.39 is 5.79 Å². The first kappa shape index (κ1) is 20.6. The van der Waals surface area contributed by atoms with Crippen LogP contribution in [0.5, 0.6) is 0 Å². The molecule has 0 bridgehead atoms. The highest BCUT2D eigenvalue weighted by molar-refractivity contribution is 5.87. The topological polar surface area (TPSA) is 65.1 Å². The fourth-order valence-electron chi connectivity index (χ4n) is 10.3. The van der Waals surface area contributed by atoms with Crippen molar-refractivity contribution in [1.29, 1.82) is 0 Å². The zero-order valence-electron chi connectivity index (χ0n) is 20.0. The second-order valence-electron chi connectivity index (χ2n) is 13.2. The molecule has 3 heterocycles. The fourth-order valence-corrected chi connectivity index (χ4v) is 10.3. The summed E-state index contributed by atoms with van der Waals surface area (Å²) in [5.74, 6) is 2.10. The lowest BCUT2D eigenvalue weighted by atomic mass is 9.44. The van der Waals surface area contributed by atoms with E-state index in [4.69, 9.17) is 14.2 Å². The lowest BCUT2D eigenvalue weighted by molar-refractivity contribution is -0.252. The molecule has 7 rings (SSSR count). The molecule has 4 aliphatic carbocycles. The maximum Gasteiger partial charge on any atom is 0.232 e. The fraction of sp³-hybridized carbons (Fsp3) is 0.926. The number of ketones is 2. The number of hydrogen-bond acceptors (Lipinski definition) is 5. The summed E-state index contributed by atoms with van der Waals surface area (Å²) in [6.07, 6.45) is 7.54. The molecule has 5 nitrogen and oxygen atoms in total. The second-order valence-corrected chi connectivity index (χ2v) is 13.2. The Hall–Kier alpha value is -0.780. The van der Waals surface area contributed by atoms with Gasteiger partial charge in [0.25, 0.3) is 0 Å². The molecular formula is C27H38O5. The van der Waals surface area contributed by atoms with Gasteiger partial charge in [0.1, 0.15) is 5.78 Å². The molecule has 32 heavy (non-hydrogen) atoms. The van der Waals surface area contributed by atoms with Crippen LogP contribution in [0.25, 0.3) is 0 Å². The molecule has 4 saturated carbocycles. The number of carbonyl (C=O) groups excluding carboxylic acids is 2. The predicted octanol–water partition coefficient (Wildman–Crippen LogP) is 4.17. The van der Waals surface area contributed by atoms with Crippen molar-refractivity contribution >= 4 is 11.6 Å². The van der Waals surface area contributed by atoms with Gasteiger partial charge in [0.2, 0.25) is 5.79 Å². The van der Waals surface area contributed by atoms with E-state index in [9.17, 15) is 9.59 Å². The van der Waals surface area contributed by atoms with Crippen LogP contribution in [0, 0.1) is 52.3 Å². The average molecular weight is 443 g/mol. The molecule has 13 atom stereocenters. The van der Waals surface area contributed by atoms with Gasteiger partial charge in [0.15, 0.2) is 5.78 Å². The van der Waals surface area contributed by atoms with Gasteiger partial charge in [0.05, 0.1) is 24.9 Å². The van der Waals surface area contributed by atoms with Crippen LogP contribution in [0.1, 0.15) is 72.6 Å². The van der Waals surface area contributed by atoms with Gasteiger partial charge in [-0.3, -0.25) is 9.59 Å². The summed E-state index contributed by atoms with van der Waals surface area (Å²) in [5, 5.41) is 0. The van der Waals surface area contributed by atoms with Gasteiger partial charge < -0.3 is 14.2 Å². The highest BCUT2D eigenvalue weighted by Gasteiger charge is 2.72. The summed E-state index contributed by atoms with van der Waals surface area (Å²) in [5.41, 5.74) is 0.223. The van der Waals surface area contributed by atoms with E-state index in [1.165, 1.54) is 12.8 Å². The van der Waals surface area contributed by atoms with Gasteiger partial charge in [0, 0.05) is 24.7 Å². The standard InChI is InChI=1S/C27H38O5/c1-13-7-23(29)27(30-12-13)14(2)24-21(32-27)9-17-15-8-19(28)18-10-20-22(31-20)11-26(18,4)16(15)5-6-25(17,24)3/h13-18,20-22,24H,5-12H2,1-4H3/t13-,14+,15-,16+,17+,18-,20+,21+,22-,24+,25+,26-,27+/m1/s1. The van der Waals surface area contributed by atoms with Crippen molar-refractivity contribution in [2.45, 2.75) is 96.7 Å². The minimum absolute atomic E-state index is 0.0805. The Labute approximate surface area is 191 Å². The Bertz CT molecular complexity index is 885. The van der Waals surface area contributed by atoms with E-state index in [0.29, 0.717) is 54.7 Å². The number of ether oxygens (including phenoxy) is 3. The molecular weight excluding hydrogens is 404 g/mol. The monoisotopic (exact) mass is 442 g/mol. The molecule has 5 heteroatoms. The third kappa shape index (κ3) is 2.36. The first-order chi connectivity index (χ1) is 15.2. The van der Waals surface area contributed by atoms with Crippen LogP contribution in [-0.2, 0) is 23.8 Å². The molecule has 7 aliphatic rings. The van der Waals surface area contributed by atoms with Crippen LogP contribution in [-0.4, -0.2) is 42.3 Å². The van der Waals surface area contributed by atoms with E-state index >= 15 is 0 Å². The molecule has 7 fully saturated rings. The van der Waals surface area contributed by atoms with E-state index in [1.807, 2.05) is 0 Å². The molecule has 0 aromatic rings. The van der Waals surface area contributed by atoms with Gasteiger partial charge in [-0.05, 0) is 72.5 Å². The SMILES string of the molecule is C[C@H]1CO[C@@]2(O[C@H]3C[C@H]4[C@@H]5CC(=O)[C@H]6C[C@@H]7O[C@@H]7C[C@]6(C)[C@H]5CC[C@]4(C)[C@H]3[C@@H]2C)C(=O)C1. The highest BCUT2D eigenvalue weighted by atomic mass is 16.7. The first-order valence-electron chi connectivity index (χ1n) is 13.2. The van der Waals surface area contributed by atoms with Gasteiger partial charge in [-0.1, -0.05) is 27.7 Å². The molecule has 3 aliphatic heterocycles. The Morgan fingerprint density at radius 1 is 0.938 bits per heavy atom. The molecule has 176 valence electrons. The minimum Gasteiger partial charge on any atom is -0.370 e. The minimum atomic E-state index is -1.02. The van der Waals surface area contributed by atoms with Crippen molar-refractivity contribution in [1.82, 2.24) is 0 Å². The Morgan fingerprint density at radius 2 is 1.75 bits per heavy atom. The van der Waals surface area contributed by atoms with Crippen molar-refractivity contribution in [3.63, 3.8) is 0 Å². The normalized spacial score (nSPS) is 62.8. The summed E-state index contributed by atoms with van der Waals surface area (Å²) < 4.78 is 18.7. The van der Waals surface area contributed by atoms with Gasteiger partial charge in [-0.2, -0.15) is 0 Å². The number of Topliss-reactive ketones (excluding diaryl/α,β-unsaturated/α-hetero) is 2. The van der Waals surface area contributed by atoms with Crippen molar-refractivity contribution in [2.75, 3.05) is 6.61 Å². The van der Waals surface area contributed by atoms with Crippen LogP contribution in [0.3, 0.4) is 0 Å². The molecule has 0 unspecified atom stereocenters. The van der Waals surface area contributed by atoms with Gasteiger partial charge >= 0.3 is 0 Å². The lowest BCUT2D eigenvalue weighted by Gasteiger charge is -2.59. The molecule has 1 spiro atoms. The van der Waals surface area contributed by atoms with Crippen molar-refractivity contribution in [3.8, 4) is 0 Å². The van der Waals surface area contributed by atoms with Crippen LogP contribution >= 0.6 is 0 Å². The molecule has 0 radical (unpaired) electrons.